The van der Waals surface area contributed by atoms with Gasteiger partial charge in [0.2, 0.25) is 29.0 Å². The number of hydrogen-bond acceptors (Lipinski definition) is 6. The number of amides is 2. The maximum atomic E-state index is 14.0. The monoisotopic (exact) mass is 501 g/mol. The number of ketones is 2. The Bertz CT molecular complexity index is 1410. The fourth-order valence-electron chi connectivity index (χ4n) is 5.63. The van der Waals surface area contributed by atoms with E-state index in [-0.39, 0.29) is 16.8 Å². The molecule has 0 radical (unpaired) electrons. The molecule has 3 aromatic rings. The quantitative estimate of drug-likeness (QED) is 0.388. The van der Waals surface area contributed by atoms with Gasteiger partial charge in [-0.3, -0.25) is 19.2 Å². The molecule has 2 aliphatic heterocycles. The summed E-state index contributed by atoms with van der Waals surface area (Å²) in [6.07, 6.45) is -1.00. The molecule has 2 amide bonds. The number of anilines is 1. The summed E-state index contributed by atoms with van der Waals surface area (Å²) >= 11 is 6.07. The summed E-state index contributed by atoms with van der Waals surface area (Å²) in [4.78, 5) is 56.6. The molecule has 6 rings (SSSR count). The second-order valence-corrected chi connectivity index (χ2v) is 9.38. The van der Waals surface area contributed by atoms with Gasteiger partial charge in [0.25, 0.3) is 0 Å². The van der Waals surface area contributed by atoms with Crippen LogP contribution in [0.3, 0.4) is 0 Å². The van der Waals surface area contributed by atoms with Crippen LogP contribution in [-0.2, 0) is 14.3 Å². The third kappa shape index (κ3) is 2.90. The topological polar surface area (TPSA) is 90.0 Å². The van der Waals surface area contributed by atoms with Gasteiger partial charge in [0, 0.05) is 16.1 Å². The smallest absolute Gasteiger partial charge is 0.241 e. The number of imide groups is 1. The molecular formula is C28H20ClNO6. The van der Waals surface area contributed by atoms with E-state index in [9.17, 15) is 19.2 Å². The van der Waals surface area contributed by atoms with E-state index in [0.717, 1.165) is 4.90 Å². The van der Waals surface area contributed by atoms with Gasteiger partial charge in [0.1, 0.15) is 5.75 Å². The lowest BCUT2D eigenvalue weighted by Crippen LogP contribution is -2.51. The number of ether oxygens (including phenoxy) is 2. The number of para-hydroxylation sites is 2. The van der Waals surface area contributed by atoms with Gasteiger partial charge in [-0.15, -0.1) is 0 Å². The average Bonchev–Trinajstić information content (AvgIpc) is 3.45. The van der Waals surface area contributed by atoms with E-state index in [0.29, 0.717) is 22.9 Å². The first-order valence-electron chi connectivity index (χ1n) is 11.6. The molecule has 36 heavy (non-hydrogen) atoms. The summed E-state index contributed by atoms with van der Waals surface area (Å²) < 4.78 is 11.9. The van der Waals surface area contributed by atoms with Crippen LogP contribution in [0.5, 0.6) is 5.75 Å². The number of rotatable bonds is 4. The highest BCUT2D eigenvalue weighted by Crippen LogP contribution is 2.58. The first-order chi connectivity index (χ1) is 17.4. The van der Waals surface area contributed by atoms with Gasteiger partial charge in [-0.25, -0.2) is 4.90 Å². The number of carbonyl (C=O) groups excluding carboxylic acids is 4. The van der Waals surface area contributed by atoms with Crippen molar-refractivity contribution in [3.8, 4) is 5.75 Å². The summed E-state index contributed by atoms with van der Waals surface area (Å²) in [6, 6.07) is 19.7. The lowest BCUT2D eigenvalue weighted by Gasteiger charge is -2.27. The third-order valence-corrected chi connectivity index (χ3v) is 7.38. The highest BCUT2D eigenvalue weighted by molar-refractivity contribution is 6.37. The predicted octanol–water partition coefficient (Wildman–Crippen LogP) is 4.43. The van der Waals surface area contributed by atoms with E-state index in [1.54, 1.807) is 79.7 Å². The molecule has 8 heteroatoms. The van der Waals surface area contributed by atoms with Gasteiger partial charge in [-0.2, -0.15) is 0 Å². The Balaban J connectivity index is 1.54. The Hall–Kier alpha value is -3.81. The van der Waals surface area contributed by atoms with Crippen molar-refractivity contribution in [2.24, 2.45) is 11.8 Å². The minimum absolute atomic E-state index is 0.187. The van der Waals surface area contributed by atoms with Crippen molar-refractivity contribution in [2.75, 3.05) is 11.5 Å². The fourth-order valence-corrected chi connectivity index (χ4v) is 5.75. The molecule has 2 fully saturated rings. The Kier molecular flexibility index (Phi) is 5.10. The van der Waals surface area contributed by atoms with Crippen LogP contribution in [0.2, 0.25) is 5.02 Å². The molecule has 180 valence electrons. The van der Waals surface area contributed by atoms with Gasteiger partial charge in [0.15, 0.2) is 0 Å². The maximum absolute atomic E-state index is 14.0. The zero-order valence-corrected chi connectivity index (χ0v) is 19.9. The number of halogens is 1. The zero-order chi connectivity index (χ0) is 25.2. The summed E-state index contributed by atoms with van der Waals surface area (Å²) in [5.74, 6) is -4.48. The van der Waals surface area contributed by atoms with Crippen LogP contribution in [0.1, 0.15) is 39.3 Å². The average molecular weight is 502 g/mol. The number of carbonyl (C=O) groups is 4. The van der Waals surface area contributed by atoms with E-state index < -0.39 is 46.9 Å². The van der Waals surface area contributed by atoms with Crippen LogP contribution in [0.15, 0.2) is 72.8 Å². The minimum Gasteiger partial charge on any atom is -0.492 e. The SMILES string of the molecule is CCOc1ccccc1N1C(=O)[C@H]2[C@@H](C1=O)C1(O[C@H]2c2ccc(Cl)cc2)C(=O)c2ccccc2C1=O. The molecule has 3 atom stereocenters. The lowest BCUT2D eigenvalue weighted by molar-refractivity contribution is -0.127. The number of Topliss-reactive ketones (excluding diaryl/α,β-unsaturated/α-hetero) is 2. The van der Waals surface area contributed by atoms with Crippen LogP contribution >= 0.6 is 11.6 Å². The summed E-state index contributed by atoms with van der Waals surface area (Å²) in [7, 11) is 0. The van der Waals surface area contributed by atoms with Crippen molar-refractivity contribution in [1.29, 1.82) is 0 Å². The van der Waals surface area contributed by atoms with E-state index >= 15 is 0 Å². The molecule has 7 nitrogen and oxygen atoms in total. The molecule has 0 saturated carbocycles. The van der Waals surface area contributed by atoms with E-state index in [4.69, 9.17) is 21.1 Å². The van der Waals surface area contributed by atoms with Crippen LogP contribution in [-0.4, -0.2) is 35.6 Å². The molecule has 1 spiro atoms. The first kappa shape index (κ1) is 22.6. The highest BCUT2D eigenvalue weighted by atomic mass is 35.5. The van der Waals surface area contributed by atoms with Crippen molar-refractivity contribution >= 4 is 40.7 Å². The molecular weight excluding hydrogens is 482 g/mol. The van der Waals surface area contributed by atoms with E-state index in [1.165, 1.54) is 0 Å². The zero-order valence-electron chi connectivity index (χ0n) is 19.1. The fraction of sp³-hybridized carbons (Fsp3) is 0.214. The number of hydrogen-bond donors (Lipinski definition) is 0. The second-order valence-electron chi connectivity index (χ2n) is 8.95. The predicted molar refractivity (Wildman–Crippen MR) is 130 cm³/mol. The second kappa shape index (κ2) is 8.11. The van der Waals surface area contributed by atoms with Gasteiger partial charge in [-0.1, -0.05) is 60.1 Å². The molecule has 3 aromatic carbocycles. The summed E-state index contributed by atoms with van der Waals surface area (Å²) in [6.45, 7) is 2.12. The molecule has 0 aromatic heterocycles. The standard InChI is InChI=1S/C28H20ClNO6/c1-2-35-20-10-6-5-9-19(20)30-26(33)21-22(27(30)34)28(36-23(21)15-11-13-16(29)14-12-15)24(31)17-7-3-4-8-18(17)25(28)32/h3-14,21-23H,2H2,1H3/t21-,22-,23-/m0/s1. The van der Waals surface area contributed by atoms with Crippen molar-refractivity contribution in [3.63, 3.8) is 0 Å². The van der Waals surface area contributed by atoms with Crippen LogP contribution < -0.4 is 9.64 Å². The first-order valence-corrected chi connectivity index (χ1v) is 12.0. The normalized spacial score (nSPS) is 23.9. The molecule has 0 N–H and O–H groups in total. The van der Waals surface area contributed by atoms with Gasteiger partial charge >= 0.3 is 0 Å². The van der Waals surface area contributed by atoms with E-state index in [2.05, 4.69) is 0 Å². The van der Waals surface area contributed by atoms with E-state index in [1.807, 2.05) is 0 Å². The lowest BCUT2D eigenvalue weighted by atomic mass is 9.77. The Morgan fingerprint density at radius 1 is 0.861 bits per heavy atom. The largest absolute Gasteiger partial charge is 0.492 e. The van der Waals surface area contributed by atoms with Crippen LogP contribution in [0.25, 0.3) is 0 Å². The molecule has 0 bridgehead atoms. The van der Waals surface area contributed by atoms with Gasteiger partial charge in [0.05, 0.1) is 30.2 Å². The number of nitrogens with zero attached hydrogens (tertiary/aromatic N) is 1. The summed E-state index contributed by atoms with van der Waals surface area (Å²) in [5.41, 5.74) is -0.938. The molecule has 0 unspecified atom stereocenters. The molecule has 2 heterocycles. The van der Waals surface area contributed by atoms with Crippen LogP contribution in [0.4, 0.5) is 5.69 Å². The van der Waals surface area contributed by atoms with Crippen molar-refractivity contribution in [3.05, 3.63) is 94.5 Å². The molecule has 1 aliphatic carbocycles. The highest BCUT2D eigenvalue weighted by Gasteiger charge is 2.74. The number of benzene rings is 3. The van der Waals surface area contributed by atoms with Crippen molar-refractivity contribution in [1.82, 2.24) is 0 Å². The Labute approximate surface area is 211 Å². The Morgan fingerprint density at radius 2 is 1.47 bits per heavy atom. The van der Waals surface area contributed by atoms with Gasteiger partial charge < -0.3 is 9.47 Å². The maximum Gasteiger partial charge on any atom is 0.241 e. The Morgan fingerprint density at radius 3 is 2.11 bits per heavy atom. The molecule has 2 saturated heterocycles. The van der Waals surface area contributed by atoms with Crippen molar-refractivity contribution in [2.45, 2.75) is 18.6 Å². The minimum atomic E-state index is -2.12. The third-order valence-electron chi connectivity index (χ3n) is 7.12. The van der Waals surface area contributed by atoms with Crippen molar-refractivity contribution < 1.29 is 28.7 Å². The molecule has 3 aliphatic rings. The van der Waals surface area contributed by atoms with Gasteiger partial charge in [-0.05, 0) is 36.8 Å². The number of fused-ring (bicyclic) bond motifs is 3. The summed E-state index contributed by atoms with van der Waals surface area (Å²) in [5, 5.41) is 0.476. The van der Waals surface area contributed by atoms with Crippen LogP contribution in [0, 0.1) is 11.8 Å².